The Kier molecular flexibility index (Phi) is 5.79. The fourth-order valence-electron chi connectivity index (χ4n) is 3.30. The summed E-state index contributed by atoms with van der Waals surface area (Å²) in [7, 11) is 0. The summed E-state index contributed by atoms with van der Waals surface area (Å²) in [6.45, 7) is 1.74. The fourth-order valence-corrected chi connectivity index (χ4v) is 4.99. The molecule has 0 spiro atoms. The van der Waals surface area contributed by atoms with Crippen LogP contribution in [0.4, 0.5) is 5.13 Å². The van der Waals surface area contributed by atoms with Gasteiger partial charge in [-0.05, 0) is 31.2 Å². The molecular weight excluding hydrogens is 434 g/mol. The molecule has 4 N–H and O–H groups in total. The molecule has 8 nitrogen and oxygen atoms in total. The van der Waals surface area contributed by atoms with Crippen LogP contribution in [0.15, 0.2) is 69.0 Å². The van der Waals surface area contributed by atoms with Crippen molar-refractivity contribution in [2.45, 2.75) is 12.8 Å². The van der Waals surface area contributed by atoms with Gasteiger partial charge in [0.05, 0.1) is 50.4 Å². The molecule has 1 aliphatic heterocycles. The predicted molar refractivity (Wildman–Crippen MR) is 120 cm³/mol. The molecule has 0 aliphatic carbocycles. The maximum atomic E-state index is 13.3. The second-order valence-electron chi connectivity index (χ2n) is 6.66. The van der Waals surface area contributed by atoms with Gasteiger partial charge >= 0.3 is 0 Å². The minimum Gasteiger partial charge on any atom is -0.468 e. The first-order valence-corrected chi connectivity index (χ1v) is 11.0. The second-order valence-corrected chi connectivity index (χ2v) is 8.68. The van der Waals surface area contributed by atoms with E-state index in [-0.39, 0.29) is 11.3 Å². The SMILES string of the molecule is CC1=C(C(=O)Nc2nc3ccccc3s2)C(c2ccco2)C(C#N)=C(SCC(N)=O)N1. The number of dihydropyridines is 1. The molecule has 1 unspecified atom stereocenters. The van der Waals surface area contributed by atoms with Gasteiger partial charge in [0.1, 0.15) is 5.76 Å². The van der Waals surface area contributed by atoms with Gasteiger partial charge in [0, 0.05) is 5.70 Å². The third-order valence-corrected chi connectivity index (χ3v) is 6.58. The highest BCUT2D eigenvalue weighted by molar-refractivity contribution is 8.03. The van der Waals surface area contributed by atoms with E-state index in [0.29, 0.717) is 27.2 Å². The molecule has 1 aromatic carbocycles. The van der Waals surface area contributed by atoms with Crippen molar-refractivity contribution in [3.63, 3.8) is 0 Å². The van der Waals surface area contributed by atoms with Gasteiger partial charge in [-0.1, -0.05) is 35.2 Å². The highest BCUT2D eigenvalue weighted by Gasteiger charge is 2.36. The standard InChI is InChI=1S/C21H17N5O3S2/c1-11-17(19(28)26-21-25-13-5-2-3-7-15(13)31-21)18(14-6-4-8-29-14)12(9-22)20(24-11)30-10-16(23)27/h2-8,18,24H,10H2,1H3,(H2,23,27)(H,25,26,28). The van der Waals surface area contributed by atoms with Crippen LogP contribution in [0, 0.1) is 11.3 Å². The number of amides is 2. The van der Waals surface area contributed by atoms with Gasteiger partial charge in [0.25, 0.3) is 5.91 Å². The van der Waals surface area contributed by atoms with E-state index in [1.165, 1.54) is 17.6 Å². The number of nitrogens with zero attached hydrogens (tertiary/aromatic N) is 2. The normalized spacial score (nSPS) is 16.2. The maximum Gasteiger partial charge on any atom is 0.256 e. The highest BCUT2D eigenvalue weighted by Crippen LogP contribution is 2.41. The first-order valence-electron chi connectivity index (χ1n) is 9.21. The van der Waals surface area contributed by atoms with Gasteiger partial charge in [-0.15, -0.1) is 0 Å². The van der Waals surface area contributed by atoms with Gasteiger partial charge in [0.15, 0.2) is 5.13 Å². The van der Waals surface area contributed by atoms with E-state index in [9.17, 15) is 14.9 Å². The van der Waals surface area contributed by atoms with Crippen LogP contribution in [-0.2, 0) is 9.59 Å². The number of aromatic nitrogens is 1. The highest BCUT2D eigenvalue weighted by atomic mass is 32.2. The lowest BCUT2D eigenvalue weighted by molar-refractivity contribution is -0.115. The summed E-state index contributed by atoms with van der Waals surface area (Å²) in [5.41, 5.74) is 7.22. The molecule has 0 radical (unpaired) electrons. The Hall–Kier alpha value is -3.55. The minimum atomic E-state index is -0.731. The van der Waals surface area contributed by atoms with Gasteiger partial charge in [-0.3, -0.25) is 14.9 Å². The summed E-state index contributed by atoms with van der Waals surface area (Å²) >= 11 is 2.48. The van der Waals surface area contributed by atoms with Gasteiger partial charge < -0.3 is 15.5 Å². The average molecular weight is 452 g/mol. The minimum absolute atomic E-state index is 0.00109. The number of thioether (sulfide) groups is 1. The van der Waals surface area contributed by atoms with Crippen molar-refractivity contribution in [2.24, 2.45) is 5.73 Å². The number of nitriles is 1. The van der Waals surface area contributed by atoms with Crippen molar-refractivity contribution in [1.29, 1.82) is 5.26 Å². The fraction of sp³-hybridized carbons (Fsp3) is 0.143. The van der Waals surface area contributed by atoms with E-state index in [1.807, 2.05) is 24.3 Å². The topological polar surface area (TPSA) is 134 Å². The van der Waals surface area contributed by atoms with Crippen molar-refractivity contribution in [2.75, 3.05) is 11.1 Å². The third-order valence-electron chi connectivity index (χ3n) is 4.59. The third kappa shape index (κ3) is 4.19. The zero-order chi connectivity index (χ0) is 22.0. The summed E-state index contributed by atoms with van der Waals surface area (Å²) < 4.78 is 6.52. The van der Waals surface area contributed by atoms with Crippen LogP contribution >= 0.6 is 23.1 Å². The van der Waals surface area contributed by atoms with Crippen molar-refractivity contribution < 1.29 is 14.0 Å². The first-order chi connectivity index (χ1) is 15.0. The average Bonchev–Trinajstić information content (AvgIpc) is 3.40. The molecule has 1 aliphatic rings. The Bertz CT molecular complexity index is 1230. The molecule has 0 saturated carbocycles. The van der Waals surface area contributed by atoms with Crippen LogP contribution in [0.25, 0.3) is 10.2 Å². The van der Waals surface area contributed by atoms with E-state index >= 15 is 0 Å². The summed E-state index contributed by atoms with van der Waals surface area (Å²) in [5, 5.41) is 16.7. The molecule has 0 bridgehead atoms. The van der Waals surface area contributed by atoms with Crippen LogP contribution < -0.4 is 16.4 Å². The second kappa shape index (κ2) is 8.67. The van der Waals surface area contributed by atoms with Crippen LogP contribution in [-0.4, -0.2) is 22.6 Å². The predicted octanol–water partition coefficient (Wildman–Crippen LogP) is 3.44. The number of allylic oxidation sites excluding steroid dienone is 2. The van der Waals surface area contributed by atoms with Crippen molar-refractivity contribution >= 4 is 50.3 Å². The van der Waals surface area contributed by atoms with E-state index in [4.69, 9.17) is 10.2 Å². The van der Waals surface area contributed by atoms with Crippen molar-refractivity contribution in [3.8, 4) is 6.07 Å². The zero-order valence-electron chi connectivity index (χ0n) is 16.3. The summed E-state index contributed by atoms with van der Waals surface area (Å²) in [6, 6.07) is 13.2. The lowest BCUT2D eigenvalue weighted by Gasteiger charge is -2.28. The van der Waals surface area contributed by atoms with Crippen molar-refractivity contribution in [1.82, 2.24) is 10.3 Å². The lowest BCUT2D eigenvalue weighted by atomic mass is 9.85. The Balaban J connectivity index is 1.71. The number of hydrogen-bond acceptors (Lipinski definition) is 8. The van der Waals surface area contributed by atoms with Gasteiger partial charge in [-0.2, -0.15) is 5.26 Å². The number of nitrogens with one attached hydrogen (secondary N) is 2. The molecule has 31 heavy (non-hydrogen) atoms. The van der Waals surface area contributed by atoms with E-state index < -0.39 is 17.7 Å². The number of fused-ring (bicyclic) bond motifs is 1. The number of carbonyl (C=O) groups is 2. The van der Waals surface area contributed by atoms with Crippen LogP contribution in [0.5, 0.6) is 0 Å². The number of thiazole rings is 1. The number of nitrogens with two attached hydrogens (primary N) is 1. The smallest absolute Gasteiger partial charge is 0.256 e. The summed E-state index contributed by atoms with van der Waals surface area (Å²) in [4.78, 5) is 29.0. The number of furan rings is 1. The monoisotopic (exact) mass is 451 g/mol. The van der Waals surface area contributed by atoms with Gasteiger partial charge in [0.2, 0.25) is 5.91 Å². The van der Waals surface area contributed by atoms with Gasteiger partial charge in [-0.25, -0.2) is 4.98 Å². The largest absolute Gasteiger partial charge is 0.468 e. The van der Waals surface area contributed by atoms with Crippen LogP contribution in [0.3, 0.4) is 0 Å². The molecule has 4 rings (SSSR count). The molecular formula is C21H17N5O3S2. The Morgan fingerprint density at radius 3 is 2.84 bits per heavy atom. The number of carbonyl (C=O) groups excluding carboxylic acids is 2. The number of para-hydroxylation sites is 1. The van der Waals surface area contributed by atoms with Crippen LogP contribution in [0.2, 0.25) is 0 Å². The first kappa shape index (κ1) is 20.7. The van der Waals surface area contributed by atoms with E-state index in [0.717, 1.165) is 22.0 Å². The molecule has 3 heterocycles. The van der Waals surface area contributed by atoms with Crippen molar-refractivity contribution in [3.05, 3.63) is 70.3 Å². The molecule has 3 aromatic rings. The van der Waals surface area contributed by atoms with Crippen LogP contribution in [0.1, 0.15) is 18.6 Å². The Morgan fingerprint density at radius 1 is 1.35 bits per heavy atom. The molecule has 1 atom stereocenters. The maximum absolute atomic E-state index is 13.3. The Labute approximate surface area is 185 Å². The number of benzene rings is 1. The molecule has 156 valence electrons. The lowest BCUT2D eigenvalue weighted by Crippen LogP contribution is -2.31. The molecule has 2 amide bonds. The molecule has 0 fully saturated rings. The quantitative estimate of drug-likeness (QED) is 0.522. The summed E-state index contributed by atoms with van der Waals surface area (Å²) in [5.74, 6) is -1.18. The zero-order valence-corrected chi connectivity index (χ0v) is 18.0. The van der Waals surface area contributed by atoms with E-state index in [1.54, 1.807) is 19.1 Å². The Morgan fingerprint density at radius 2 is 2.16 bits per heavy atom. The number of primary amides is 1. The molecule has 10 heteroatoms. The number of rotatable bonds is 6. The molecule has 2 aromatic heterocycles. The molecule has 0 saturated heterocycles. The summed E-state index contributed by atoms with van der Waals surface area (Å²) in [6.07, 6.45) is 1.49. The number of hydrogen-bond donors (Lipinski definition) is 3. The number of anilines is 1. The van der Waals surface area contributed by atoms with E-state index in [2.05, 4.69) is 21.7 Å².